The summed E-state index contributed by atoms with van der Waals surface area (Å²) in [6.07, 6.45) is 3.43. The maximum atomic E-state index is 9.75. The van der Waals surface area contributed by atoms with Gasteiger partial charge in [0.05, 0.1) is 15.7 Å². The van der Waals surface area contributed by atoms with E-state index in [1.165, 1.54) is 0 Å². The molecule has 0 saturated carbocycles. The van der Waals surface area contributed by atoms with Crippen LogP contribution < -0.4 is 10.6 Å². The molecule has 4 aromatic rings. The van der Waals surface area contributed by atoms with Crippen molar-refractivity contribution in [2.45, 2.75) is 6.54 Å². The molecule has 8 nitrogen and oxygen atoms in total. The van der Waals surface area contributed by atoms with Gasteiger partial charge < -0.3 is 15.7 Å². The van der Waals surface area contributed by atoms with Gasteiger partial charge in [-0.2, -0.15) is 15.0 Å². The number of aromatic nitrogens is 5. The van der Waals surface area contributed by atoms with Crippen molar-refractivity contribution in [3.8, 4) is 6.01 Å². The SMILES string of the molecule is Oc1nc(NCc2ccncc2)nc(Nc2ccc3ncsc3c2)n1. The van der Waals surface area contributed by atoms with Crippen molar-refractivity contribution in [2.24, 2.45) is 0 Å². The number of benzene rings is 1. The third-order valence-electron chi connectivity index (χ3n) is 3.41. The zero-order valence-corrected chi connectivity index (χ0v) is 13.7. The highest BCUT2D eigenvalue weighted by Crippen LogP contribution is 2.24. The van der Waals surface area contributed by atoms with Crippen molar-refractivity contribution in [1.82, 2.24) is 24.9 Å². The number of nitrogens with zero attached hydrogens (tertiary/aromatic N) is 5. The molecule has 0 aliphatic carbocycles. The van der Waals surface area contributed by atoms with E-state index >= 15 is 0 Å². The number of thiazole rings is 1. The lowest BCUT2D eigenvalue weighted by molar-refractivity contribution is 0.430. The molecule has 3 N–H and O–H groups in total. The van der Waals surface area contributed by atoms with Gasteiger partial charge in [-0.05, 0) is 35.9 Å². The van der Waals surface area contributed by atoms with E-state index in [0.717, 1.165) is 21.5 Å². The van der Waals surface area contributed by atoms with Crippen LogP contribution in [0.4, 0.5) is 17.6 Å². The fraction of sp³-hybridized carbons (Fsp3) is 0.0625. The van der Waals surface area contributed by atoms with Gasteiger partial charge in [0.15, 0.2) is 0 Å². The first-order valence-electron chi connectivity index (χ1n) is 7.44. The smallest absolute Gasteiger partial charge is 0.320 e. The predicted molar refractivity (Wildman–Crippen MR) is 96.0 cm³/mol. The maximum Gasteiger partial charge on any atom is 0.320 e. The molecule has 0 radical (unpaired) electrons. The van der Waals surface area contributed by atoms with E-state index in [1.807, 2.05) is 30.3 Å². The summed E-state index contributed by atoms with van der Waals surface area (Å²) in [5, 5.41) is 15.9. The van der Waals surface area contributed by atoms with Gasteiger partial charge >= 0.3 is 6.01 Å². The molecule has 0 spiro atoms. The Balaban J connectivity index is 1.52. The summed E-state index contributed by atoms with van der Waals surface area (Å²) in [6, 6.07) is 9.17. The zero-order valence-electron chi connectivity index (χ0n) is 12.9. The second-order valence-corrected chi connectivity index (χ2v) is 6.04. The molecule has 1 aromatic carbocycles. The molecule has 0 saturated heterocycles. The number of nitrogens with one attached hydrogen (secondary N) is 2. The number of pyridine rings is 1. The fourth-order valence-electron chi connectivity index (χ4n) is 2.24. The van der Waals surface area contributed by atoms with Crippen LogP contribution in [0.1, 0.15) is 5.56 Å². The first-order valence-corrected chi connectivity index (χ1v) is 8.32. The minimum Gasteiger partial charge on any atom is -0.479 e. The van der Waals surface area contributed by atoms with Gasteiger partial charge in [-0.25, -0.2) is 4.98 Å². The Bertz CT molecular complexity index is 1010. The molecular weight excluding hydrogens is 338 g/mol. The van der Waals surface area contributed by atoms with E-state index in [0.29, 0.717) is 6.54 Å². The lowest BCUT2D eigenvalue weighted by Gasteiger charge is -2.08. The van der Waals surface area contributed by atoms with Crippen molar-refractivity contribution in [3.63, 3.8) is 0 Å². The van der Waals surface area contributed by atoms with Crippen LogP contribution >= 0.6 is 11.3 Å². The highest BCUT2D eigenvalue weighted by atomic mass is 32.1. The van der Waals surface area contributed by atoms with Crippen molar-refractivity contribution in [1.29, 1.82) is 0 Å². The second kappa shape index (κ2) is 6.65. The van der Waals surface area contributed by atoms with E-state index in [4.69, 9.17) is 0 Å². The summed E-state index contributed by atoms with van der Waals surface area (Å²) in [5.41, 5.74) is 4.57. The molecule has 0 bridgehead atoms. The van der Waals surface area contributed by atoms with Crippen LogP contribution in [0.2, 0.25) is 0 Å². The van der Waals surface area contributed by atoms with Gasteiger partial charge in [-0.15, -0.1) is 11.3 Å². The normalized spacial score (nSPS) is 10.7. The monoisotopic (exact) mass is 351 g/mol. The van der Waals surface area contributed by atoms with Crippen LogP contribution in [-0.4, -0.2) is 30.0 Å². The average molecular weight is 351 g/mol. The predicted octanol–water partition coefficient (Wildman–Crippen LogP) is 2.94. The molecule has 124 valence electrons. The van der Waals surface area contributed by atoms with Crippen LogP contribution in [0.25, 0.3) is 10.2 Å². The summed E-state index contributed by atoms with van der Waals surface area (Å²) in [6.45, 7) is 0.512. The Morgan fingerprint density at radius 1 is 1.00 bits per heavy atom. The van der Waals surface area contributed by atoms with Crippen molar-refractivity contribution in [2.75, 3.05) is 10.6 Å². The first-order chi connectivity index (χ1) is 12.3. The molecular formula is C16H13N7OS. The summed E-state index contributed by atoms with van der Waals surface area (Å²) in [4.78, 5) is 20.3. The van der Waals surface area contributed by atoms with E-state index in [1.54, 1.807) is 29.2 Å². The average Bonchev–Trinajstić information content (AvgIpc) is 3.08. The van der Waals surface area contributed by atoms with Crippen LogP contribution in [0, 0.1) is 0 Å². The van der Waals surface area contributed by atoms with Crippen molar-refractivity contribution < 1.29 is 5.11 Å². The lowest BCUT2D eigenvalue weighted by Crippen LogP contribution is -2.07. The number of anilines is 3. The molecule has 9 heteroatoms. The Morgan fingerprint density at radius 2 is 1.84 bits per heavy atom. The van der Waals surface area contributed by atoms with E-state index < -0.39 is 0 Å². The molecule has 0 unspecified atom stereocenters. The summed E-state index contributed by atoms with van der Waals surface area (Å²) in [7, 11) is 0. The highest BCUT2D eigenvalue weighted by molar-refractivity contribution is 7.16. The van der Waals surface area contributed by atoms with Gasteiger partial charge in [-0.1, -0.05) is 0 Å². The number of aromatic hydroxyl groups is 1. The Morgan fingerprint density at radius 3 is 2.72 bits per heavy atom. The molecule has 0 fully saturated rings. The zero-order chi connectivity index (χ0) is 17.1. The third-order valence-corrected chi connectivity index (χ3v) is 4.20. The highest BCUT2D eigenvalue weighted by Gasteiger charge is 2.07. The van der Waals surface area contributed by atoms with Crippen LogP contribution in [0.5, 0.6) is 6.01 Å². The molecule has 0 amide bonds. The summed E-state index contributed by atoms with van der Waals surface area (Å²) < 4.78 is 1.05. The molecule has 25 heavy (non-hydrogen) atoms. The van der Waals surface area contributed by atoms with E-state index in [-0.39, 0.29) is 17.9 Å². The van der Waals surface area contributed by atoms with Crippen molar-refractivity contribution >= 4 is 39.1 Å². The van der Waals surface area contributed by atoms with Gasteiger partial charge in [0.25, 0.3) is 0 Å². The summed E-state index contributed by atoms with van der Waals surface area (Å²) in [5.74, 6) is 0.541. The minimum atomic E-state index is -0.353. The van der Waals surface area contributed by atoms with E-state index in [2.05, 4.69) is 35.6 Å². The largest absolute Gasteiger partial charge is 0.479 e. The third kappa shape index (κ3) is 3.61. The molecule has 3 heterocycles. The molecule has 0 atom stereocenters. The fourth-order valence-corrected chi connectivity index (χ4v) is 2.96. The van der Waals surface area contributed by atoms with Crippen LogP contribution in [0.3, 0.4) is 0 Å². The maximum absolute atomic E-state index is 9.75. The topological polar surface area (TPSA) is 109 Å². The van der Waals surface area contributed by atoms with Crippen molar-refractivity contribution in [3.05, 3.63) is 53.8 Å². The van der Waals surface area contributed by atoms with Crippen LogP contribution in [0.15, 0.2) is 48.2 Å². The number of rotatable bonds is 5. The number of fused-ring (bicyclic) bond motifs is 1. The Labute approximate surface area is 146 Å². The standard InChI is InChI=1S/C16H13N7OS/c24-16-22-14(18-8-10-3-5-17-6-4-10)21-15(23-16)20-11-1-2-12-13(7-11)25-9-19-12/h1-7,9H,8H2,(H3,18,20,21,22,23,24). The van der Waals surface area contributed by atoms with E-state index in [9.17, 15) is 5.11 Å². The lowest BCUT2D eigenvalue weighted by atomic mass is 10.3. The van der Waals surface area contributed by atoms with Gasteiger partial charge in [-0.3, -0.25) is 4.98 Å². The first kappa shape index (κ1) is 15.2. The van der Waals surface area contributed by atoms with Gasteiger partial charge in [0.2, 0.25) is 11.9 Å². The molecule has 3 aromatic heterocycles. The quantitative estimate of drug-likeness (QED) is 0.503. The molecule has 4 rings (SSSR count). The summed E-state index contributed by atoms with van der Waals surface area (Å²) >= 11 is 1.55. The van der Waals surface area contributed by atoms with Gasteiger partial charge in [0, 0.05) is 24.6 Å². The Kier molecular flexibility index (Phi) is 4.05. The molecule has 0 aliphatic rings. The number of hydrogen-bond acceptors (Lipinski definition) is 9. The second-order valence-electron chi connectivity index (χ2n) is 5.15. The Hall–Kier alpha value is -3.33. The van der Waals surface area contributed by atoms with Gasteiger partial charge in [0.1, 0.15) is 0 Å². The van der Waals surface area contributed by atoms with Crippen LogP contribution in [-0.2, 0) is 6.54 Å². The molecule has 0 aliphatic heterocycles. The minimum absolute atomic E-state index is 0.258. The number of hydrogen-bond donors (Lipinski definition) is 3.